The summed E-state index contributed by atoms with van der Waals surface area (Å²) in [6.07, 6.45) is 0.867. The molecule has 1 N–H and O–H groups in total. The van der Waals surface area contributed by atoms with Gasteiger partial charge in [-0.15, -0.1) is 0 Å². The second kappa shape index (κ2) is 7.66. The molecule has 0 radical (unpaired) electrons. The third kappa shape index (κ3) is 4.17. The van der Waals surface area contributed by atoms with E-state index in [0.717, 1.165) is 22.2 Å². The minimum atomic E-state index is -0.274. The summed E-state index contributed by atoms with van der Waals surface area (Å²) >= 11 is 1.41. The van der Waals surface area contributed by atoms with Crippen molar-refractivity contribution in [3.63, 3.8) is 0 Å². The second-order valence-corrected chi connectivity index (χ2v) is 6.96. The van der Waals surface area contributed by atoms with Gasteiger partial charge in [0.15, 0.2) is 0 Å². The Morgan fingerprint density at radius 1 is 1.20 bits per heavy atom. The van der Waals surface area contributed by atoms with Gasteiger partial charge in [-0.3, -0.25) is 4.79 Å². The lowest BCUT2D eigenvalue weighted by molar-refractivity contribution is 0.0940. The molecule has 0 saturated heterocycles. The number of hydrogen-bond acceptors (Lipinski definition) is 3. The zero-order valence-electron chi connectivity index (χ0n) is 14.1. The molecule has 0 spiro atoms. The molecule has 1 atom stereocenters. The Bertz CT molecular complexity index is 896. The smallest absolute Gasteiger partial charge is 0.252 e. The molecule has 1 heterocycles. The van der Waals surface area contributed by atoms with E-state index in [1.165, 1.54) is 23.9 Å². The lowest BCUT2D eigenvalue weighted by Crippen LogP contribution is -2.32. The average molecular weight is 354 g/mol. The van der Waals surface area contributed by atoms with E-state index in [1.807, 2.05) is 38.1 Å². The molecule has 128 valence electrons. The summed E-state index contributed by atoms with van der Waals surface area (Å²) in [5, 5.41) is 4.54. The molecular formula is C20H19FN2OS. The molecule has 3 aromatic rings. The number of nitrogens with zero attached hydrogens (tertiary/aromatic N) is 1. The first-order valence-corrected chi connectivity index (χ1v) is 9.02. The van der Waals surface area contributed by atoms with Crippen LogP contribution in [0.4, 0.5) is 4.39 Å². The zero-order chi connectivity index (χ0) is 17.8. The first kappa shape index (κ1) is 17.4. The van der Waals surface area contributed by atoms with Gasteiger partial charge >= 0.3 is 0 Å². The first-order chi connectivity index (χ1) is 12.1. The highest BCUT2D eigenvalue weighted by molar-refractivity contribution is 7.99. The van der Waals surface area contributed by atoms with E-state index in [9.17, 15) is 9.18 Å². The van der Waals surface area contributed by atoms with Crippen molar-refractivity contribution in [3.8, 4) is 0 Å². The summed E-state index contributed by atoms with van der Waals surface area (Å²) in [5.74, 6) is -0.377. The Kier molecular flexibility index (Phi) is 5.34. The predicted octanol–water partition coefficient (Wildman–Crippen LogP) is 5.05. The maximum Gasteiger partial charge on any atom is 0.252 e. The van der Waals surface area contributed by atoms with Crippen molar-refractivity contribution in [3.05, 3.63) is 66.0 Å². The number of benzene rings is 2. The molecule has 3 rings (SSSR count). The van der Waals surface area contributed by atoms with E-state index in [-0.39, 0.29) is 17.8 Å². The molecule has 1 aromatic heterocycles. The van der Waals surface area contributed by atoms with E-state index in [4.69, 9.17) is 0 Å². The third-order valence-corrected chi connectivity index (χ3v) is 4.89. The SMILES string of the molecule is CC[C@H](C)NC(=O)c1cc(Sc2ccc(F)cc2)nc2ccccc12. The van der Waals surface area contributed by atoms with Gasteiger partial charge in [0.2, 0.25) is 0 Å². The molecule has 0 aliphatic rings. The molecule has 0 saturated carbocycles. The summed E-state index contributed by atoms with van der Waals surface area (Å²) in [6.45, 7) is 4.01. The number of amides is 1. The number of fused-ring (bicyclic) bond motifs is 1. The molecule has 0 bridgehead atoms. The highest BCUT2D eigenvalue weighted by Gasteiger charge is 2.15. The number of halogens is 1. The largest absolute Gasteiger partial charge is 0.350 e. The molecule has 0 fully saturated rings. The van der Waals surface area contributed by atoms with E-state index in [0.29, 0.717) is 10.6 Å². The number of para-hydroxylation sites is 1. The predicted molar refractivity (Wildman–Crippen MR) is 99.5 cm³/mol. The van der Waals surface area contributed by atoms with Gasteiger partial charge in [-0.1, -0.05) is 36.9 Å². The fraction of sp³-hybridized carbons (Fsp3) is 0.200. The van der Waals surface area contributed by atoms with E-state index in [2.05, 4.69) is 10.3 Å². The number of pyridine rings is 1. The van der Waals surface area contributed by atoms with Crippen LogP contribution in [0, 0.1) is 5.82 Å². The minimum Gasteiger partial charge on any atom is -0.350 e. The normalized spacial score (nSPS) is 12.1. The summed E-state index contributed by atoms with van der Waals surface area (Å²) < 4.78 is 13.1. The van der Waals surface area contributed by atoms with Gasteiger partial charge in [-0.2, -0.15) is 0 Å². The summed E-state index contributed by atoms with van der Waals surface area (Å²) in [6, 6.07) is 15.7. The fourth-order valence-electron chi connectivity index (χ4n) is 2.42. The number of nitrogens with one attached hydrogen (secondary N) is 1. The lowest BCUT2D eigenvalue weighted by atomic mass is 10.1. The Labute approximate surface area is 150 Å². The maximum atomic E-state index is 13.1. The molecule has 5 heteroatoms. The molecular weight excluding hydrogens is 335 g/mol. The highest BCUT2D eigenvalue weighted by atomic mass is 32.2. The monoisotopic (exact) mass is 354 g/mol. The van der Waals surface area contributed by atoms with Crippen LogP contribution >= 0.6 is 11.8 Å². The highest BCUT2D eigenvalue weighted by Crippen LogP contribution is 2.30. The van der Waals surface area contributed by atoms with Crippen LogP contribution in [0.2, 0.25) is 0 Å². The van der Waals surface area contributed by atoms with Gasteiger partial charge in [0, 0.05) is 16.3 Å². The number of hydrogen-bond donors (Lipinski definition) is 1. The Morgan fingerprint density at radius 2 is 1.92 bits per heavy atom. The number of carbonyl (C=O) groups excluding carboxylic acids is 1. The van der Waals surface area contributed by atoms with Crippen molar-refractivity contribution in [1.29, 1.82) is 0 Å². The van der Waals surface area contributed by atoms with Crippen LogP contribution in [0.1, 0.15) is 30.6 Å². The zero-order valence-corrected chi connectivity index (χ0v) is 14.9. The van der Waals surface area contributed by atoms with Gasteiger partial charge in [0.25, 0.3) is 5.91 Å². The van der Waals surface area contributed by atoms with Crippen LogP contribution in [0.25, 0.3) is 10.9 Å². The first-order valence-electron chi connectivity index (χ1n) is 8.21. The number of carbonyl (C=O) groups is 1. The Morgan fingerprint density at radius 3 is 2.64 bits per heavy atom. The fourth-order valence-corrected chi connectivity index (χ4v) is 3.25. The van der Waals surface area contributed by atoms with Crippen LogP contribution in [0.3, 0.4) is 0 Å². The maximum absolute atomic E-state index is 13.1. The topological polar surface area (TPSA) is 42.0 Å². The van der Waals surface area contributed by atoms with Crippen LogP contribution in [0.15, 0.2) is 64.5 Å². The van der Waals surface area contributed by atoms with Gasteiger partial charge in [0.1, 0.15) is 10.8 Å². The molecule has 0 unspecified atom stereocenters. The van der Waals surface area contributed by atoms with E-state index in [1.54, 1.807) is 18.2 Å². The Balaban J connectivity index is 1.99. The van der Waals surface area contributed by atoms with Crippen molar-refractivity contribution in [1.82, 2.24) is 10.3 Å². The molecule has 0 aliphatic heterocycles. The summed E-state index contributed by atoms with van der Waals surface area (Å²) in [4.78, 5) is 18.2. The lowest BCUT2D eigenvalue weighted by Gasteiger charge is -2.14. The van der Waals surface area contributed by atoms with Crippen molar-refractivity contribution < 1.29 is 9.18 Å². The van der Waals surface area contributed by atoms with Crippen LogP contribution in [0.5, 0.6) is 0 Å². The second-order valence-electron chi connectivity index (χ2n) is 5.86. The van der Waals surface area contributed by atoms with Gasteiger partial charge in [-0.05, 0) is 49.7 Å². The minimum absolute atomic E-state index is 0.103. The molecule has 25 heavy (non-hydrogen) atoms. The van der Waals surface area contributed by atoms with Crippen molar-refractivity contribution >= 4 is 28.6 Å². The Hall–Kier alpha value is -2.40. The summed E-state index contributed by atoms with van der Waals surface area (Å²) in [7, 11) is 0. The van der Waals surface area contributed by atoms with Crippen LogP contribution in [-0.4, -0.2) is 16.9 Å². The van der Waals surface area contributed by atoms with Crippen molar-refractivity contribution in [2.75, 3.05) is 0 Å². The quantitative estimate of drug-likeness (QED) is 0.697. The average Bonchev–Trinajstić information content (AvgIpc) is 2.62. The third-order valence-electron chi connectivity index (χ3n) is 3.96. The van der Waals surface area contributed by atoms with Crippen molar-refractivity contribution in [2.24, 2.45) is 0 Å². The standard InChI is InChI=1S/C20H19FN2OS/c1-3-13(2)22-20(24)17-12-19(23-18-7-5-4-6-16(17)18)25-15-10-8-14(21)9-11-15/h4-13H,3H2,1-2H3,(H,22,24)/t13-/m0/s1. The van der Waals surface area contributed by atoms with Crippen LogP contribution in [-0.2, 0) is 0 Å². The molecule has 3 nitrogen and oxygen atoms in total. The van der Waals surface area contributed by atoms with Crippen molar-refractivity contribution in [2.45, 2.75) is 36.2 Å². The van der Waals surface area contributed by atoms with E-state index >= 15 is 0 Å². The molecule has 1 amide bonds. The van der Waals surface area contributed by atoms with E-state index < -0.39 is 0 Å². The molecule has 0 aliphatic carbocycles. The summed E-state index contributed by atoms with van der Waals surface area (Å²) in [5.41, 5.74) is 1.37. The van der Waals surface area contributed by atoms with Gasteiger partial charge in [0.05, 0.1) is 11.1 Å². The number of aromatic nitrogens is 1. The number of rotatable bonds is 5. The van der Waals surface area contributed by atoms with Gasteiger partial charge in [-0.25, -0.2) is 9.37 Å². The van der Waals surface area contributed by atoms with Crippen LogP contribution < -0.4 is 5.32 Å². The van der Waals surface area contributed by atoms with Gasteiger partial charge < -0.3 is 5.32 Å². The molecule has 2 aromatic carbocycles.